The van der Waals surface area contributed by atoms with E-state index in [1.807, 2.05) is 0 Å². The lowest BCUT2D eigenvalue weighted by Gasteiger charge is -2.55. The van der Waals surface area contributed by atoms with E-state index in [9.17, 15) is 15.0 Å². The van der Waals surface area contributed by atoms with E-state index in [1.54, 1.807) is 0 Å². The Morgan fingerprint density at radius 2 is 1.92 bits per heavy atom. The fourth-order valence-corrected chi connectivity index (χ4v) is 6.45. The number of aliphatic hydroxyl groups excluding tert-OH is 2. The second-order valence-corrected chi connectivity index (χ2v) is 9.37. The third-order valence-corrected chi connectivity index (χ3v) is 8.12. The maximum absolute atomic E-state index is 11.7. The van der Waals surface area contributed by atoms with Crippen molar-refractivity contribution >= 4 is 5.97 Å². The molecule has 5 heteroatoms. The molecule has 3 unspecified atom stereocenters. The van der Waals surface area contributed by atoms with Crippen LogP contribution in [0.25, 0.3) is 0 Å². The number of ether oxygens (including phenoxy) is 1. The summed E-state index contributed by atoms with van der Waals surface area (Å²) in [7, 11) is 0. The van der Waals surface area contributed by atoms with Crippen LogP contribution in [0.4, 0.5) is 0 Å². The highest BCUT2D eigenvalue weighted by Gasteiger charge is 2.66. The summed E-state index contributed by atoms with van der Waals surface area (Å²) in [5.74, 6) is 0.0885. The van der Waals surface area contributed by atoms with Gasteiger partial charge in [-0.1, -0.05) is 37.1 Å². The first-order valence-electron chi connectivity index (χ1n) is 9.87. The van der Waals surface area contributed by atoms with E-state index < -0.39 is 23.2 Å². The second-order valence-electron chi connectivity index (χ2n) is 9.37. The number of rotatable bonds is 1. The topological polar surface area (TPSA) is 92.8 Å². The van der Waals surface area contributed by atoms with Gasteiger partial charge in [0, 0.05) is 12.3 Å². The lowest BCUT2D eigenvalue weighted by atomic mass is 9.50. The lowest BCUT2D eigenvalue weighted by Crippen LogP contribution is -2.62. The normalized spacial score (nSPS) is 50.1. The Balaban J connectivity index is 1.74. The number of esters is 1. The molecule has 0 saturated heterocycles. The van der Waals surface area contributed by atoms with Crippen LogP contribution in [0.15, 0.2) is 23.3 Å². The number of carbonyl (C=O) groups is 1. The van der Waals surface area contributed by atoms with Gasteiger partial charge in [-0.15, -0.1) is 0 Å². The summed E-state index contributed by atoms with van der Waals surface area (Å²) in [6.45, 7) is 5.76. The van der Waals surface area contributed by atoms with E-state index in [4.69, 9.17) is 10.5 Å². The molecular weight excluding hydrogens is 330 g/mol. The van der Waals surface area contributed by atoms with Gasteiger partial charge < -0.3 is 14.9 Å². The van der Waals surface area contributed by atoms with Crippen molar-refractivity contribution < 1.29 is 19.7 Å². The number of aliphatic hydroxyl groups is 2. The third kappa shape index (κ3) is 2.23. The van der Waals surface area contributed by atoms with Crippen molar-refractivity contribution in [2.24, 2.45) is 28.4 Å². The molecule has 4 aliphatic carbocycles. The van der Waals surface area contributed by atoms with Crippen molar-refractivity contribution in [2.75, 3.05) is 0 Å². The predicted octanol–water partition coefficient (Wildman–Crippen LogP) is 2.42. The fourth-order valence-electron chi connectivity index (χ4n) is 6.45. The van der Waals surface area contributed by atoms with Crippen molar-refractivity contribution in [1.29, 1.82) is 0 Å². The molecule has 0 aromatic rings. The van der Waals surface area contributed by atoms with Crippen LogP contribution < -0.4 is 5.73 Å². The van der Waals surface area contributed by atoms with Gasteiger partial charge in [0.2, 0.25) is 0 Å². The van der Waals surface area contributed by atoms with Gasteiger partial charge in [-0.05, 0) is 55.8 Å². The number of hydrogen-bond donors (Lipinski definition) is 3. The molecule has 0 heterocycles. The van der Waals surface area contributed by atoms with Gasteiger partial charge in [-0.3, -0.25) is 10.5 Å². The molecular formula is C21H31NO4. The Morgan fingerprint density at radius 3 is 2.62 bits per heavy atom. The molecule has 7 atom stereocenters. The van der Waals surface area contributed by atoms with Gasteiger partial charge in [-0.2, -0.15) is 0 Å². The molecule has 0 aromatic heterocycles. The number of hydrogen-bond acceptors (Lipinski definition) is 5. The van der Waals surface area contributed by atoms with Gasteiger partial charge in [0.25, 0.3) is 0 Å². The van der Waals surface area contributed by atoms with Crippen molar-refractivity contribution in [3.05, 3.63) is 23.3 Å². The monoisotopic (exact) mass is 361 g/mol. The third-order valence-electron chi connectivity index (χ3n) is 8.12. The Labute approximate surface area is 155 Å². The first-order chi connectivity index (χ1) is 12.1. The summed E-state index contributed by atoms with van der Waals surface area (Å²) in [5.41, 5.74) is 7.52. The van der Waals surface area contributed by atoms with Gasteiger partial charge in [0.1, 0.15) is 6.10 Å². The lowest BCUT2D eigenvalue weighted by molar-refractivity contribution is -0.189. The summed E-state index contributed by atoms with van der Waals surface area (Å²) in [6.07, 6.45) is 8.23. The second kappa shape index (κ2) is 5.66. The van der Waals surface area contributed by atoms with E-state index in [-0.39, 0.29) is 17.4 Å². The predicted molar refractivity (Wildman–Crippen MR) is 97.8 cm³/mol. The smallest absolute Gasteiger partial charge is 0.304 e. The van der Waals surface area contributed by atoms with Crippen LogP contribution in [-0.2, 0) is 9.53 Å². The molecule has 0 spiro atoms. The standard InChI is InChI=1S/C21H31NO4/c1-12(23)26-21(22)18(25)11-17-15-5-4-13-10-14(24)6-8-19(13,2)16(15)7-9-20(17,21)3/h4-5,14,16-18,24-25H,6-11,22H2,1-3H3/t14?,16-,17+,18?,19+,20+,21?/m1/s1. The SMILES string of the molecule is CC(=O)OC1(N)C(O)C[C@H]2C3=CC=C4CC(O)CC[C@]4(C)[C@@H]3CC[C@@]21C. The van der Waals surface area contributed by atoms with Gasteiger partial charge in [0.15, 0.2) is 5.72 Å². The number of fused-ring (bicyclic) bond motifs is 5. The first kappa shape index (κ1) is 18.2. The number of carbonyl (C=O) groups excluding carboxylic acids is 1. The van der Waals surface area contributed by atoms with E-state index in [1.165, 1.54) is 18.1 Å². The van der Waals surface area contributed by atoms with Crippen LogP contribution in [0.2, 0.25) is 0 Å². The van der Waals surface area contributed by atoms with Crippen molar-refractivity contribution in [2.45, 2.75) is 77.2 Å². The molecule has 0 aromatic carbocycles. The molecule has 0 bridgehead atoms. The van der Waals surface area contributed by atoms with Crippen LogP contribution in [0.1, 0.15) is 59.3 Å². The molecule has 0 aliphatic heterocycles. The minimum absolute atomic E-state index is 0.0802. The zero-order chi connectivity index (χ0) is 18.9. The van der Waals surface area contributed by atoms with Crippen molar-refractivity contribution in [1.82, 2.24) is 0 Å². The number of allylic oxidation sites excluding steroid dienone is 3. The molecule has 0 amide bonds. The average molecular weight is 361 g/mol. The molecule has 5 nitrogen and oxygen atoms in total. The van der Waals surface area contributed by atoms with Gasteiger partial charge in [-0.25, -0.2) is 0 Å². The van der Waals surface area contributed by atoms with E-state index in [2.05, 4.69) is 26.0 Å². The zero-order valence-electron chi connectivity index (χ0n) is 16.0. The molecule has 4 rings (SSSR count). The molecule has 4 aliphatic rings. The molecule has 26 heavy (non-hydrogen) atoms. The molecule has 3 fully saturated rings. The average Bonchev–Trinajstić information content (AvgIpc) is 2.75. The Kier molecular flexibility index (Phi) is 3.97. The summed E-state index contributed by atoms with van der Waals surface area (Å²) in [5, 5.41) is 20.8. The summed E-state index contributed by atoms with van der Waals surface area (Å²) < 4.78 is 5.52. The highest BCUT2D eigenvalue weighted by Crippen LogP contribution is 2.65. The minimum Gasteiger partial charge on any atom is -0.441 e. The van der Waals surface area contributed by atoms with Crippen molar-refractivity contribution in [3.63, 3.8) is 0 Å². The minimum atomic E-state index is -1.33. The van der Waals surface area contributed by atoms with Crippen LogP contribution in [0.3, 0.4) is 0 Å². The highest BCUT2D eigenvalue weighted by atomic mass is 16.6. The van der Waals surface area contributed by atoms with Crippen LogP contribution in [0.5, 0.6) is 0 Å². The quantitative estimate of drug-likeness (QED) is 0.493. The summed E-state index contributed by atoms with van der Waals surface area (Å²) in [4.78, 5) is 11.7. The van der Waals surface area contributed by atoms with Gasteiger partial charge >= 0.3 is 5.97 Å². The largest absolute Gasteiger partial charge is 0.441 e. The van der Waals surface area contributed by atoms with E-state index in [0.29, 0.717) is 12.3 Å². The Morgan fingerprint density at radius 1 is 1.19 bits per heavy atom. The maximum Gasteiger partial charge on any atom is 0.304 e. The fraction of sp³-hybridized carbons (Fsp3) is 0.762. The first-order valence-corrected chi connectivity index (χ1v) is 9.87. The maximum atomic E-state index is 11.7. The van der Waals surface area contributed by atoms with Crippen LogP contribution >= 0.6 is 0 Å². The Hall–Kier alpha value is -1.17. The van der Waals surface area contributed by atoms with E-state index in [0.717, 1.165) is 32.1 Å². The summed E-state index contributed by atoms with van der Waals surface area (Å²) in [6, 6.07) is 0. The zero-order valence-corrected chi connectivity index (χ0v) is 16.0. The molecule has 0 radical (unpaired) electrons. The molecule has 3 saturated carbocycles. The van der Waals surface area contributed by atoms with Crippen LogP contribution in [0, 0.1) is 22.7 Å². The van der Waals surface area contributed by atoms with E-state index >= 15 is 0 Å². The molecule has 4 N–H and O–H groups in total. The van der Waals surface area contributed by atoms with Gasteiger partial charge in [0.05, 0.1) is 6.10 Å². The molecule has 144 valence electrons. The highest BCUT2D eigenvalue weighted by molar-refractivity contribution is 5.67. The summed E-state index contributed by atoms with van der Waals surface area (Å²) >= 11 is 0. The number of nitrogens with two attached hydrogens (primary N) is 1. The Bertz CT molecular complexity index is 700. The van der Waals surface area contributed by atoms with Crippen molar-refractivity contribution in [3.8, 4) is 0 Å². The van der Waals surface area contributed by atoms with Crippen LogP contribution in [-0.4, -0.2) is 34.1 Å².